The molecule has 1 aromatic carbocycles. The topological polar surface area (TPSA) is 60.2 Å². The second kappa shape index (κ2) is 4.18. The van der Waals surface area contributed by atoms with Gasteiger partial charge in [0.25, 0.3) is 0 Å². The van der Waals surface area contributed by atoms with Gasteiger partial charge in [-0.3, -0.25) is 0 Å². The fourth-order valence-corrected chi connectivity index (χ4v) is 3.03. The van der Waals surface area contributed by atoms with Gasteiger partial charge in [-0.05, 0) is 45.4 Å². The second-order valence-electron chi connectivity index (χ2n) is 4.71. The summed E-state index contributed by atoms with van der Waals surface area (Å²) in [5.74, 6) is 0. The van der Waals surface area contributed by atoms with E-state index in [2.05, 4.69) is 0 Å². The zero-order valence-corrected chi connectivity index (χ0v) is 11.0. The van der Waals surface area contributed by atoms with E-state index < -0.39 is 20.6 Å². The summed E-state index contributed by atoms with van der Waals surface area (Å²) in [5.41, 5.74) is 6.68. The van der Waals surface area contributed by atoms with E-state index in [1.807, 2.05) is 13.0 Å². The number of nitrogens with two attached hydrogens (primary N) is 1. The highest BCUT2D eigenvalue weighted by atomic mass is 32.2. The van der Waals surface area contributed by atoms with Crippen LogP contribution in [0.2, 0.25) is 0 Å². The molecular formula is C12H19NO2S. The standard InChI is InChI=1S/C12H19NO2S/c1-9-6-5-7-11(8-9)16(14,15)12(3,4)10(2)13/h5-8,10H,13H2,1-4H3. The number of aryl methyl sites for hydroxylation is 1. The molecule has 0 aliphatic carbocycles. The van der Waals surface area contributed by atoms with Gasteiger partial charge in [0.2, 0.25) is 0 Å². The molecule has 1 atom stereocenters. The minimum atomic E-state index is -3.39. The molecule has 2 N–H and O–H groups in total. The van der Waals surface area contributed by atoms with Crippen LogP contribution in [0.3, 0.4) is 0 Å². The molecule has 3 nitrogen and oxygen atoms in total. The Morgan fingerprint density at radius 2 is 1.88 bits per heavy atom. The van der Waals surface area contributed by atoms with Crippen molar-refractivity contribution in [2.75, 3.05) is 0 Å². The van der Waals surface area contributed by atoms with E-state index in [1.54, 1.807) is 39.0 Å². The molecule has 1 aromatic rings. The van der Waals surface area contributed by atoms with Crippen molar-refractivity contribution in [2.45, 2.75) is 43.4 Å². The Kier molecular flexibility index (Phi) is 3.45. The summed E-state index contributed by atoms with van der Waals surface area (Å²) >= 11 is 0. The lowest BCUT2D eigenvalue weighted by molar-refractivity contribution is 0.501. The van der Waals surface area contributed by atoms with E-state index in [0.29, 0.717) is 4.90 Å². The molecule has 0 amide bonds. The molecule has 0 bridgehead atoms. The molecule has 4 heteroatoms. The molecule has 0 aliphatic rings. The van der Waals surface area contributed by atoms with E-state index in [-0.39, 0.29) is 0 Å². The first-order valence-corrected chi connectivity index (χ1v) is 6.75. The molecular weight excluding hydrogens is 222 g/mol. The SMILES string of the molecule is Cc1cccc(S(=O)(=O)C(C)(C)C(C)N)c1. The third-order valence-corrected chi connectivity index (χ3v) is 5.72. The van der Waals surface area contributed by atoms with Gasteiger partial charge in [0.1, 0.15) is 0 Å². The van der Waals surface area contributed by atoms with Gasteiger partial charge in [0.05, 0.1) is 9.64 Å². The van der Waals surface area contributed by atoms with Crippen LogP contribution >= 0.6 is 0 Å². The Bertz CT molecular complexity index is 476. The monoisotopic (exact) mass is 241 g/mol. The zero-order valence-electron chi connectivity index (χ0n) is 10.2. The summed E-state index contributed by atoms with van der Waals surface area (Å²) < 4.78 is 23.8. The normalized spacial score (nSPS) is 14.8. The van der Waals surface area contributed by atoms with Crippen LogP contribution in [-0.4, -0.2) is 19.2 Å². The van der Waals surface area contributed by atoms with Gasteiger partial charge in [-0.1, -0.05) is 12.1 Å². The molecule has 1 unspecified atom stereocenters. The highest BCUT2D eigenvalue weighted by Gasteiger charge is 2.38. The first-order valence-electron chi connectivity index (χ1n) is 5.26. The minimum Gasteiger partial charge on any atom is -0.327 e. The second-order valence-corrected chi connectivity index (χ2v) is 7.24. The summed E-state index contributed by atoms with van der Waals surface area (Å²) in [7, 11) is -3.39. The number of sulfone groups is 1. The average Bonchev–Trinajstić information content (AvgIpc) is 2.17. The smallest absolute Gasteiger partial charge is 0.185 e. The van der Waals surface area contributed by atoms with E-state index in [1.165, 1.54) is 0 Å². The molecule has 0 saturated heterocycles. The zero-order chi connectivity index (χ0) is 12.6. The van der Waals surface area contributed by atoms with Gasteiger partial charge < -0.3 is 5.73 Å². The fraction of sp³-hybridized carbons (Fsp3) is 0.500. The number of hydrogen-bond donors (Lipinski definition) is 1. The Hall–Kier alpha value is -0.870. The van der Waals surface area contributed by atoms with Crippen LogP contribution in [0.5, 0.6) is 0 Å². The van der Waals surface area contributed by atoms with Gasteiger partial charge in [0.15, 0.2) is 9.84 Å². The van der Waals surface area contributed by atoms with Crippen molar-refractivity contribution in [1.29, 1.82) is 0 Å². The summed E-state index contributed by atoms with van der Waals surface area (Å²) in [6.45, 7) is 6.91. The highest BCUT2D eigenvalue weighted by molar-refractivity contribution is 7.92. The largest absolute Gasteiger partial charge is 0.327 e. The molecule has 0 radical (unpaired) electrons. The maximum absolute atomic E-state index is 12.4. The van der Waals surface area contributed by atoms with Crippen LogP contribution in [-0.2, 0) is 9.84 Å². The van der Waals surface area contributed by atoms with Crippen LogP contribution in [0.1, 0.15) is 26.3 Å². The molecule has 0 fully saturated rings. The van der Waals surface area contributed by atoms with Crippen LogP contribution in [0.15, 0.2) is 29.2 Å². The van der Waals surface area contributed by atoms with E-state index in [4.69, 9.17) is 5.73 Å². The van der Waals surface area contributed by atoms with Crippen molar-refractivity contribution in [3.05, 3.63) is 29.8 Å². The quantitative estimate of drug-likeness (QED) is 0.879. The van der Waals surface area contributed by atoms with Crippen LogP contribution in [0.25, 0.3) is 0 Å². The lowest BCUT2D eigenvalue weighted by atomic mass is 10.1. The Morgan fingerprint density at radius 3 is 2.31 bits per heavy atom. The summed E-state index contributed by atoms with van der Waals surface area (Å²) in [6.07, 6.45) is 0. The maximum atomic E-state index is 12.4. The van der Waals surface area contributed by atoms with Crippen molar-refractivity contribution in [3.8, 4) is 0 Å². The van der Waals surface area contributed by atoms with Gasteiger partial charge in [0, 0.05) is 6.04 Å². The van der Waals surface area contributed by atoms with Gasteiger partial charge in [-0.15, -0.1) is 0 Å². The van der Waals surface area contributed by atoms with Gasteiger partial charge in [-0.2, -0.15) is 0 Å². The van der Waals surface area contributed by atoms with Crippen LogP contribution in [0.4, 0.5) is 0 Å². The van der Waals surface area contributed by atoms with Gasteiger partial charge >= 0.3 is 0 Å². The molecule has 1 rings (SSSR count). The number of rotatable bonds is 3. The van der Waals surface area contributed by atoms with Crippen LogP contribution < -0.4 is 5.73 Å². The minimum absolute atomic E-state index is 0.342. The summed E-state index contributed by atoms with van der Waals surface area (Å²) in [4.78, 5) is 0.342. The van der Waals surface area contributed by atoms with Crippen molar-refractivity contribution in [3.63, 3.8) is 0 Å². The number of hydrogen-bond acceptors (Lipinski definition) is 3. The lowest BCUT2D eigenvalue weighted by Gasteiger charge is -2.28. The van der Waals surface area contributed by atoms with E-state index in [9.17, 15) is 8.42 Å². The predicted molar refractivity (Wildman–Crippen MR) is 66.1 cm³/mol. The van der Waals surface area contributed by atoms with Crippen LogP contribution in [0, 0.1) is 6.92 Å². The third-order valence-electron chi connectivity index (χ3n) is 3.09. The highest BCUT2D eigenvalue weighted by Crippen LogP contribution is 2.27. The molecule has 16 heavy (non-hydrogen) atoms. The first kappa shape index (κ1) is 13.2. The molecule has 0 saturated carbocycles. The molecule has 0 aromatic heterocycles. The summed E-state index contributed by atoms with van der Waals surface area (Å²) in [5, 5.41) is 0. The molecule has 90 valence electrons. The van der Waals surface area contributed by atoms with Crippen molar-refractivity contribution in [2.24, 2.45) is 5.73 Å². The Labute approximate surface area is 97.6 Å². The lowest BCUT2D eigenvalue weighted by Crippen LogP contribution is -2.47. The third kappa shape index (κ3) is 2.13. The molecule has 0 aliphatic heterocycles. The predicted octanol–water partition coefficient (Wildman–Crippen LogP) is 1.89. The number of benzene rings is 1. The van der Waals surface area contributed by atoms with E-state index in [0.717, 1.165) is 5.56 Å². The van der Waals surface area contributed by atoms with Crippen molar-refractivity contribution < 1.29 is 8.42 Å². The Balaban J connectivity index is 3.33. The Morgan fingerprint density at radius 1 is 1.31 bits per heavy atom. The fourth-order valence-electron chi connectivity index (χ4n) is 1.33. The molecule has 0 heterocycles. The maximum Gasteiger partial charge on any atom is 0.185 e. The van der Waals surface area contributed by atoms with Crippen molar-refractivity contribution in [1.82, 2.24) is 0 Å². The first-order chi connectivity index (χ1) is 7.19. The molecule has 0 spiro atoms. The average molecular weight is 241 g/mol. The van der Waals surface area contributed by atoms with E-state index >= 15 is 0 Å². The van der Waals surface area contributed by atoms with Gasteiger partial charge in [-0.25, -0.2) is 8.42 Å². The summed E-state index contributed by atoms with van der Waals surface area (Å²) in [6, 6.07) is 6.50. The van der Waals surface area contributed by atoms with Crippen molar-refractivity contribution >= 4 is 9.84 Å².